The molecule has 6 heteroatoms. The van der Waals surface area contributed by atoms with Crippen molar-refractivity contribution in [1.82, 2.24) is 4.98 Å². The highest BCUT2D eigenvalue weighted by atomic mass is 16.7. The molecule has 0 radical (unpaired) electrons. The van der Waals surface area contributed by atoms with Gasteiger partial charge < -0.3 is 24.2 Å². The lowest BCUT2D eigenvalue weighted by Gasteiger charge is -2.04. The van der Waals surface area contributed by atoms with Gasteiger partial charge in [-0.2, -0.15) is 0 Å². The maximum atomic E-state index is 12.1. The van der Waals surface area contributed by atoms with Crippen molar-refractivity contribution in [2.75, 3.05) is 12.1 Å². The second-order valence-corrected chi connectivity index (χ2v) is 4.40. The number of nitrogens with one attached hydrogen (secondary N) is 2. The van der Waals surface area contributed by atoms with Crippen LogP contribution in [0.3, 0.4) is 0 Å². The molecule has 1 aromatic carbocycles. The first-order valence-electron chi connectivity index (χ1n) is 6.07. The Morgan fingerprint density at radius 2 is 2.05 bits per heavy atom. The SMILES string of the molecule is O=C(Nc1ccc2c(c1)OCO2)c1cc2occc2[nH]1. The van der Waals surface area contributed by atoms with Crippen molar-refractivity contribution < 1.29 is 18.7 Å². The number of H-pyrrole nitrogens is 1. The number of anilines is 1. The minimum absolute atomic E-state index is 0.208. The maximum absolute atomic E-state index is 12.1. The number of hydrogen-bond donors (Lipinski definition) is 2. The molecule has 0 atom stereocenters. The summed E-state index contributed by atoms with van der Waals surface area (Å²) >= 11 is 0. The van der Waals surface area contributed by atoms with Crippen molar-refractivity contribution in [1.29, 1.82) is 0 Å². The van der Waals surface area contributed by atoms with E-state index in [-0.39, 0.29) is 12.7 Å². The molecule has 2 aromatic heterocycles. The summed E-state index contributed by atoms with van der Waals surface area (Å²) in [6, 6.07) is 8.69. The van der Waals surface area contributed by atoms with Crippen molar-refractivity contribution in [2.24, 2.45) is 0 Å². The molecule has 6 nitrogen and oxygen atoms in total. The van der Waals surface area contributed by atoms with E-state index in [1.54, 1.807) is 36.6 Å². The number of benzene rings is 1. The molecule has 0 unspecified atom stereocenters. The van der Waals surface area contributed by atoms with Crippen LogP contribution in [0.5, 0.6) is 11.5 Å². The standard InChI is InChI=1S/C14H10N2O4/c17-14(10-6-12-9(16-10)3-4-18-12)15-8-1-2-11-13(5-8)20-7-19-11/h1-6,16H,7H2,(H,15,17). The quantitative estimate of drug-likeness (QED) is 0.750. The molecular weight excluding hydrogens is 260 g/mol. The number of amides is 1. The third-order valence-corrected chi connectivity index (χ3v) is 3.12. The van der Waals surface area contributed by atoms with Gasteiger partial charge >= 0.3 is 0 Å². The maximum Gasteiger partial charge on any atom is 0.272 e. The van der Waals surface area contributed by atoms with Gasteiger partial charge in [-0.25, -0.2) is 0 Å². The van der Waals surface area contributed by atoms with Gasteiger partial charge in [0.05, 0.1) is 11.8 Å². The fourth-order valence-corrected chi connectivity index (χ4v) is 2.14. The average molecular weight is 270 g/mol. The molecule has 4 rings (SSSR count). The largest absolute Gasteiger partial charge is 0.463 e. The van der Waals surface area contributed by atoms with Crippen LogP contribution in [0, 0.1) is 0 Å². The van der Waals surface area contributed by atoms with Crippen molar-refractivity contribution in [3.8, 4) is 11.5 Å². The molecule has 3 aromatic rings. The minimum Gasteiger partial charge on any atom is -0.463 e. The summed E-state index contributed by atoms with van der Waals surface area (Å²) in [6.07, 6.45) is 1.57. The molecule has 1 aliphatic heterocycles. The van der Waals surface area contributed by atoms with Gasteiger partial charge in [0.2, 0.25) is 6.79 Å². The van der Waals surface area contributed by atoms with Crippen LogP contribution in [0.4, 0.5) is 5.69 Å². The Hall–Kier alpha value is -2.89. The third-order valence-electron chi connectivity index (χ3n) is 3.12. The number of furan rings is 1. The Kier molecular flexibility index (Phi) is 2.23. The van der Waals surface area contributed by atoms with Gasteiger partial charge in [0, 0.05) is 23.9 Å². The molecule has 100 valence electrons. The normalized spacial score (nSPS) is 12.8. The Balaban J connectivity index is 1.59. The van der Waals surface area contributed by atoms with E-state index in [9.17, 15) is 4.79 Å². The molecule has 1 aliphatic rings. The van der Waals surface area contributed by atoms with E-state index in [0.717, 1.165) is 5.52 Å². The van der Waals surface area contributed by atoms with Gasteiger partial charge in [0.25, 0.3) is 5.91 Å². The molecule has 0 spiro atoms. The lowest BCUT2D eigenvalue weighted by atomic mass is 10.2. The molecule has 1 amide bonds. The van der Waals surface area contributed by atoms with Crippen LogP contribution >= 0.6 is 0 Å². The van der Waals surface area contributed by atoms with Crippen LogP contribution in [-0.2, 0) is 0 Å². The first-order valence-corrected chi connectivity index (χ1v) is 6.07. The Labute approximate surface area is 113 Å². The minimum atomic E-state index is -0.240. The predicted octanol–water partition coefficient (Wildman–Crippen LogP) is 2.74. The summed E-state index contributed by atoms with van der Waals surface area (Å²) < 4.78 is 15.7. The van der Waals surface area contributed by atoms with Gasteiger partial charge in [-0.05, 0) is 12.1 Å². The van der Waals surface area contributed by atoms with Crippen LogP contribution in [0.25, 0.3) is 11.1 Å². The monoisotopic (exact) mass is 270 g/mol. The summed E-state index contributed by atoms with van der Waals surface area (Å²) in [4.78, 5) is 15.1. The number of carbonyl (C=O) groups is 1. The molecule has 0 saturated carbocycles. The lowest BCUT2D eigenvalue weighted by molar-refractivity contribution is 0.102. The van der Waals surface area contributed by atoms with Gasteiger partial charge in [-0.1, -0.05) is 0 Å². The van der Waals surface area contributed by atoms with E-state index in [2.05, 4.69) is 10.3 Å². The summed E-state index contributed by atoms with van der Waals surface area (Å²) in [5, 5.41) is 2.79. The van der Waals surface area contributed by atoms with Gasteiger partial charge in [0.1, 0.15) is 5.69 Å². The van der Waals surface area contributed by atoms with E-state index in [1.165, 1.54) is 0 Å². The van der Waals surface area contributed by atoms with Crippen molar-refractivity contribution in [3.63, 3.8) is 0 Å². The topological polar surface area (TPSA) is 76.5 Å². The average Bonchev–Trinajstić information content (AvgIpc) is 3.12. The number of aromatic nitrogens is 1. The smallest absolute Gasteiger partial charge is 0.272 e. The zero-order valence-electron chi connectivity index (χ0n) is 10.3. The number of ether oxygens (including phenoxy) is 2. The zero-order chi connectivity index (χ0) is 13.5. The summed E-state index contributed by atoms with van der Waals surface area (Å²) in [6.45, 7) is 0.208. The Morgan fingerprint density at radius 3 is 2.95 bits per heavy atom. The van der Waals surface area contributed by atoms with Crippen molar-refractivity contribution >= 4 is 22.7 Å². The second kappa shape index (κ2) is 4.06. The lowest BCUT2D eigenvalue weighted by Crippen LogP contribution is -2.12. The van der Waals surface area contributed by atoms with Crippen molar-refractivity contribution in [2.45, 2.75) is 0 Å². The fraction of sp³-hybridized carbons (Fsp3) is 0.0714. The first-order chi connectivity index (χ1) is 9.79. The Morgan fingerprint density at radius 1 is 1.15 bits per heavy atom. The Bertz CT molecular complexity index is 774. The molecule has 0 saturated heterocycles. The third kappa shape index (κ3) is 1.70. The number of fused-ring (bicyclic) bond motifs is 2. The molecule has 3 heterocycles. The highest BCUT2D eigenvalue weighted by Gasteiger charge is 2.15. The number of hydrogen-bond acceptors (Lipinski definition) is 4. The molecule has 20 heavy (non-hydrogen) atoms. The molecule has 0 fully saturated rings. The van der Waals surface area contributed by atoms with Crippen LogP contribution in [0.1, 0.15) is 10.5 Å². The molecule has 0 bridgehead atoms. The molecular formula is C14H10N2O4. The predicted molar refractivity (Wildman–Crippen MR) is 71.1 cm³/mol. The number of rotatable bonds is 2. The number of carbonyl (C=O) groups excluding carboxylic acids is 1. The van der Waals surface area contributed by atoms with Crippen molar-refractivity contribution in [3.05, 3.63) is 42.3 Å². The summed E-state index contributed by atoms with van der Waals surface area (Å²) in [5.41, 5.74) is 2.53. The summed E-state index contributed by atoms with van der Waals surface area (Å²) in [7, 11) is 0. The fourth-order valence-electron chi connectivity index (χ4n) is 2.14. The van der Waals surface area contributed by atoms with Crippen LogP contribution in [-0.4, -0.2) is 17.7 Å². The van der Waals surface area contributed by atoms with E-state index in [4.69, 9.17) is 13.9 Å². The van der Waals surface area contributed by atoms with Crippen LogP contribution in [0.2, 0.25) is 0 Å². The van der Waals surface area contributed by atoms with E-state index in [0.29, 0.717) is 28.5 Å². The highest BCUT2D eigenvalue weighted by Crippen LogP contribution is 2.34. The summed E-state index contributed by atoms with van der Waals surface area (Å²) in [5.74, 6) is 1.07. The van der Waals surface area contributed by atoms with Gasteiger partial charge in [-0.15, -0.1) is 0 Å². The van der Waals surface area contributed by atoms with E-state index >= 15 is 0 Å². The first kappa shape index (κ1) is 11.0. The van der Waals surface area contributed by atoms with Crippen LogP contribution in [0.15, 0.2) is 41.0 Å². The zero-order valence-corrected chi connectivity index (χ0v) is 10.3. The second-order valence-electron chi connectivity index (χ2n) is 4.40. The molecule has 2 N–H and O–H groups in total. The van der Waals surface area contributed by atoms with E-state index < -0.39 is 0 Å². The van der Waals surface area contributed by atoms with Gasteiger partial charge in [-0.3, -0.25) is 4.79 Å². The highest BCUT2D eigenvalue weighted by molar-refractivity contribution is 6.05. The number of aromatic amines is 1. The van der Waals surface area contributed by atoms with Gasteiger partial charge in [0.15, 0.2) is 17.1 Å². The van der Waals surface area contributed by atoms with E-state index in [1.807, 2.05) is 0 Å². The molecule has 0 aliphatic carbocycles. The van der Waals surface area contributed by atoms with Crippen LogP contribution < -0.4 is 14.8 Å².